The summed E-state index contributed by atoms with van der Waals surface area (Å²) in [5.74, 6) is 5.00. The molecule has 25 heavy (non-hydrogen) atoms. The normalized spacial score (nSPS) is 9.72. The smallest absolute Gasteiger partial charge is 0.341 e. The number of carboxylic acids is 1. The van der Waals surface area contributed by atoms with Gasteiger partial charge in [-0.15, -0.1) is 0 Å². The molecule has 1 amide bonds. The molecule has 0 saturated carbocycles. The van der Waals surface area contributed by atoms with Crippen LogP contribution in [0.5, 0.6) is 5.75 Å². The Morgan fingerprint density at radius 1 is 1.16 bits per heavy atom. The number of ether oxygens (including phenoxy) is 1. The molecule has 0 aliphatic heterocycles. The van der Waals surface area contributed by atoms with Crippen molar-refractivity contribution in [2.24, 2.45) is 0 Å². The molecule has 0 unspecified atom stereocenters. The van der Waals surface area contributed by atoms with Gasteiger partial charge in [0, 0.05) is 30.2 Å². The number of hydrogen-bond donors (Lipinski definition) is 1. The minimum atomic E-state index is -1.08. The summed E-state index contributed by atoms with van der Waals surface area (Å²) in [4.78, 5) is 24.2. The second kappa shape index (κ2) is 8.22. The van der Waals surface area contributed by atoms with Gasteiger partial charge in [0.15, 0.2) is 6.61 Å². The molecule has 0 radical (unpaired) electrons. The third kappa shape index (κ3) is 5.27. The first-order valence-corrected chi connectivity index (χ1v) is 7.72. The van der Waals surface area contributed by atoms with Crippen LogP contribution >= 0.6 is 11.6 Å². The standard InChI is InChI=1S/C19H16ClNO4/c1-21(2)19(24)15-5-3-4-13(10-15)6-7-14-11-16(20)8-9-17(14)25-12-18(22)23/h3-5,8-11H,12H2,1-2H3,(H,22,23). The van der Waals surface area contributed by atoms with Gasteiger partial charge in [0.2, 0.25) is 0 Å². The summed E-state index contributed by atoms with van der Waals surface area (Å²) in [7, 11) is 3.36. The van der Waals surface area contributed by atoms with Crippen molar-refractivity contribution >= 4 is 23.5 Å². The van der Waals surface area contributed by atoms with E-state index in [1.807, 2.05) is 0 Å². The maximum absolute atomic E-state index is 12.0. The van der Waals surface area contributed by atoms with Crippen molar-refractivity contribution in [2.45, 2.75) is 0 Å². The maximum atomic E-state index is 12.0. The molecule has 5 nitrogen and oxygen atoms in total. The molecule has 0 aromatic heterocycles. The number of amides is 1. The molecule has 0 saturated heterocycles. The fourth-order valence-corrected chi connectivity index (χ4v) is 2.17. The van der Waals surface area contributed by atoms with Gasteiger partial charge in [-0.05, 0) is 36.4 Å². The summed E-state index contributed by atoms with van der Waals surface area (Å²) in [6, 6.07) is 11.7. The molecule has 0 bridgehead atoms. The Morgan fingerprint density at radius 3 is 2.60 bits per heavy atom. The highest BCUT2D eigenvalue weighted by atomic mass is 35.5. The lowest BCUT2D eigenvalue weighted by molar-refractivity contribution is -0.139. The molecule has 1 N–H and O–H groups in total. The van der Waals surface area contributed by atoms with Gasteiger partial charge >= 0.3 is 5.97 Å². The lowest BCUT2D eigenvalue weighted by Gasteiger charge is -2.10. The van der Waals surface area contributed by atoms with Crippen molar-refractivity contribution in [2.75, 3.05) is 20.7 Å². The van der Waals surface area contributed by atoms with Crippen LogP contribution in [0.2, 0.25) is 5.02 Å². The summed E-state index contributed by atoms with van der Waals surface area (Å²) < 4.78 is 5.21. The monoisotopic (exact) mass is 357 g/mol. The average Bonchev–Trinajstić information content (AvgIpc) is 2.58. The van der Waals surface area contributed by atoms with Gasteiger partial charge in [-0.25, -0.2) is 4.79 Å². The zero-order valence-corrected chi connectivity index (χ0v) is 14.5. The quantitative estimate of drug-likeness (QED) is 0.854. The first kappa shape index (κ1) is 18.4. The van der Waals surface area contributed by atoms with Crippen LogP contribution in [0.3, 0.4) is 0 Å². The highest BCUT2D eigenvalue weighted by molar-refractivity contribution is 6.30. The molecule has 2 aromatic rings. The van der Waals surface area contributed by atoms with E-state index in [4.69, 9.17) is 21.4 Å². The topological polar surface area (TPSA) is 66.8 Å². The molecule has 128 valence electrons. The zero-order chi connectivity index (χ0) is 18.4. The minimum Gasteiger partial charge on any atom is -0.481 e. The molecular formula is C19H16ClNO4. The number of carbonyl (C=O) groups is 2. The van der Waals surface area contributed by atoms with Crippen LogP contribution in [0, 0.1) is 11.8 Å². The molecule has 0 aliphatic rings. The number of nitrogens with zero attached hydrogens (tertiary/aromatic N) is 1. The van der Waals surface area contributed by atoms with Gasteiger partial charge in [0.25, 0.3) is 5.91 Å². The first-order chi connectivity index (χ1) is 11.9. The van der Waals surface area contributed by atoms with E-state index in [9.17, 15) is 9.59 Å². The maximum Gasteiger partial charge on any atom is 0.341 e. The van der Waals surface area contributed by atoms with Gasteiger partial charge in [-0.2, -0.15) is 0 Å². The number of benzene rings is 2. The molecule has 0 aliphatic carbocycles. The fourth-order valence-electron chi connectivity index (χ4n) is 1.99. The fraction of sp³-hybridized carbons (Fsp3) is 0.158. The minimum absolute atomic E-state index is 0.114. The van der Waals surface area contributed by atoms with E-state index < -0.39 is 12.6 Å². The van der Waals surface area contributed by atoms with Crippen LogP contribution in [0.15, 0.2) is 42.5 Å². The highest BCUT2D eigenvalue weighted by Gasteiger charge is 2.08. The number of rotatable bonds is 4. The van der Waals surface area contributed by atoms with E-state index in [0.29, 0.717) is 27.5 Å². The summed E-state index contributed by atoms with van der Waals surface area (Å²) in [6.45, 7) is -0.469. The van der Waals surface area contributed by atoms with Crippen LogP contribution in [0.1, 0.15) is 21.5 Å². The van der Waals surface area contributed by atoms with Crippen LogP contribution in [-0.2, 0) is 4.79 Å². The van der Waals surface area contributed by atoms with Crippen molar-refractivity contribution in [1.29, 1.82) is 0 Å². The van der Waals surface area contributed by atoms with Crippen LogP contribution < -0.4 is 4.74 Å². The molecule has 0 atom stereocenters. The van der Waals surface area contributed by atoms with E-state index in [-0.39, 0.29) is 5.91 Å². The summed E-state index contributed by atoms with van der Waals surface area (Å²) in [6.07, 6.45) is 0. The van der Waals surface area contributed by atoms with Crippen LogP contribution in [0.25, 0.3) is 0 Å². The number of carbonyl (C=O) groups excluding carboxylic acids is 1. The summed E-state index contributed by atoms with van der Waals surface area (Å²) >= 11 is 5.97. The van der Waals surface area contributed by atoms with E-state index in [1.165, 1.54) is 4.90 Å². The molecule has 0 heterocycles. The van der Waals surface area contributed by atoms with E-state index in [0.717, 1.165) is 0 Å². The van der Waals surface area contributed by atoms with Crippen molar-refractivity contribution < 1.29 is 19.4 Å². The molecule has 6 heteroatoms. The van der Waals surface area contributed by atoms with E-state index in [2.05, 4.69) is 11.8 Å². The largest absolute Gasteiger partial charge is 0.481 e. The third-order valence-corrected chi connectivity index (χ3v) is 3.39. The van der Waals surface area contributed by atoms with Crippen LogP contribution in [-0.4, -0.2) is 42.6 Å². The van der Waals surface area contributed by atoms with E-state index >= 15 is 0 Å². The summed E-state index contributed by atoms with van der Waals surface area (Å²) in [5.41, 5.74) is 1.65. The van der Waals surface area contributed by atoms with Crippen molar-refractivity contribution in [3.8, 4) is 17.6 Å². The van der Waals surface area contributed by atoms with Crippen molar-refractivity contribution in [3.05, 3.63) is 64.2 Å². The Kier molecular flexibility index (Phi) is 6.04. The predicted octanol–water partition coefficient (Wildman–Crippen LogP) is 2.91. The van der Waals surface area contributed by atoms with Crippen molar-refractivity contribution in [3.63, 3.8) is 0 Å². The Hall–Kier alpha value is -2.97. The van der Waals surface area contributed by atoms with Gasteiger partial charge in [-0.1, -0.05) is 29.5 Å². The van der Waals surface area contributed by atoms with Gasteiger partial charge in [0.1, 0.15) is 5.75 Å². The second-order valence-corrected chi connectivity index (χ2v) is 5.79. The Morgan fingerprint density at radius 2 is 1.92 bits per heavy atom. The molecule has 2 rings (SSSR count). The van der Waals surface area contributed by atoms with Gasteiger partial charge in [-0.3, -0.25) is 4.79 Å². The molecule has 0 spiro atoms. The van der Waals surface area contributed by atoms with Gasteiger partial charge in [0.05, 0.1) is 5.56 Å². The Labute approximate surface area is 150 Å². The summed E-state index contributed by atoms with van der Waals surface area (Å²) in [5, 5.41) is 9.19. The molecular weight excluding hydrogens is 342 g/mol. The number of halogens is 1. The number of carboxylic acid groups (broad SMARTS) is 1. The first-order valence-electron chi connectivity index (χ1n) is 7.34. The van der Waals surface area contributed by atoms with Gasteiger partial charge < -0.3 is 14.7 Å². The molecule has 2 aromatic carbocycles. The number of aliphatic carboxylic acids is 1. The third-order valence-electron chi connectivity index (χ3n) is 3.15. The number of hydrogen-bond acceptors (Lipinski definition) is 3. The predicted molar refractivity (Wildman–Crippen MR) is 95.0 cm³/mol. The zero-order valence-electron chi connectivity index (χ0n) is 13.7. The Balaban J connectivity index is 2.32. The second-order valence-electron chi connectivity index (χ2n) is 5.35. The Bertz CT molecular complexity index is 865. The lowest BCUT2D eigenvalue weighted by atomic mass is 10.1. The molecule has 0 fully saturated rings. The van der Waals surface area contributed by atoms with Crippen molar-refractivity contribution in [1.82, 2.24) is 4.90 Å². The van der Waals surface area contributed by atoms with E-state index in [1.54, 1.807) is 56.6 Å². The highest BCUT2D eigenvalue weighted by Crippen LogP contribution is 2.22. The lowest BCUT2D eigenvalue weighted by Crippen LogP contribution is -2.21. The SMILES string of the molecule is CN(C)C(=O)c1cccc(C#Cc2cc(Cl)ccc2OCC(=O)O)c1. The average molecular weight is 358 g/mol. The van der Waals surface area contributed by atoms with Crippen LogP contribution in [0.4, 0.5) is 0 Å².